The summed E-state index contributed by atoms with van der Waals surface area (Å²) in [7, 11) is 0.862. The summed E-state index contributed by atoms with van der Waals surface area (Å²) >= 11 is 0. The van der Waals surface area contributed by atoms with Crippen molar-refractivity contribution in [3.8, 4) is 0 Å². The monoisotopic (exact) mass is 429 g/mol. The molecule has 1 N–H and O–H groups in total. The van der Waals surface area contributed by atoms with Crippen molar-refractivity contribution < 1.29 is 26.4 Å². The second-order valence-corrected chi connectivity index (χ2v) is 8.88. The lowest BCUT2D eigenvalue weighted by atomic mass is 10.1. The maximum Gasteiger partial charge on any atom is 0.416 e. The van der Waals surface area contributed by atoms with Crippen molar-refractivity contribution in [1.29, 1.82) is 0 Å². The zero-order valence-corrected chi connectivity index (χ0v) is 17.0. The molecule has 0 radical (unpaired) electrons. The SMILES string of the molecule is CN(CC(=O)Nc1cccc(S(=O)(=O)N(C)C)c1)Cc1ccc(C(F)(F)F)cc1. The number of carbonyl (C=O) groups excluding carboxylic acids is 1. The van der Waals surface area contributed by atoms with Gasteiger partial charge in [-0.1, -0.05) is 18.2 Å². The Kier molecular flexibility index (Phi) is 7.04. The van der Waals surface area contributed by atoms with Crippen LogP contribution < -0.4 is 5.32 Å². The predicted octanol–water partition coefficient (Wildman–Crippen LogP) is 3.03. The number of halogens is 3. The van der Waals surface area contributed by atoms with Crippen LogP contribution in [0.2, 0.25) is 0 Å². The fourth-order valence-electron chi connectivity index (χ4n) is 2.56. The van der Waals surface area contributed by atoms with E-state index in [-0.39, 0.29) is 23.9 Å². The molecule has 0 unspecified atom stereocenters. The molecule has 6 nitrogen and oxygen atoms in total. The molecule has 0 aliphatic carbocycles. The summed E-state index contributed by atoms with van der Waals surface area (Å²) in [6.07, 6.45) is -4.39. The molecule has 29 heavy (non-hydrogen) atoms. The van der Waals surface area contributed by atoms with Gasteiger partial charge in [-0.15, -0.1) is 0 Å². The quantitative estimate of drug-likeness (QED) is 0.735. The minimum absolute atomic E-state index is 0.0221. The molecule has 10 heteroatoms. The molecule has 158 valence electrons. The average Bonchev–Trinajstić information content (AvgIpc) is 2.61. The topological polar surface area (TPSA) is 69.7 Å². The lowest BCUT2D eigenvalue weighted by Gasteiger charge is -2.17. The number of nitrogens with zero attached hydrogens (tertiary/aromatic N) is 2. The van der Waals surface area contributed by atoms with Gasteiger partial charge in [-0.25, -0.2) is 12.7 Å². The van der Waals surface area contributed by atoms with Crippen LogP contribution in [0.1, 0.15) is 11.1 Å². The van der Waals surface area contributed by atoms with Crippen molar-refractivity contribution in [3.05, 3.63) is 59.7 Å². The van der Waals surface area contributed by atoms with E-state index < -0.39 is 21.8 Å². The summed E-state index contributed by atoms with van der Waals surface area (Å²) in [4.78, 5) is 13.9. The molecule has 0 heterocycles. The van der Waals surface area contributed by atoms with Crippen LogP contribution in [-0.4, -0.2) is 51.2 Å². The van der Waals surface area contributed by atoms with Crippen molar-refractivity contribution in [2.45, 2.75) is 17.6 Å². The zero-order chi connectivity index (χ0) is 21.8. The number of hydrogen-bond donors (Lipinski definition) is 1. The number of anilines is 1. The van der Waals surface area contributed by atoms with Crippen LogP contribution >= 0.6 is 0 Å². The van der Waals surface area contributed by atoms with Crippen LogP contribution in [-0.2, 0) is 27.5 Å². The Balaban J connectivity index is 1.97. The third-order valence-electron chi connectivity index (χ3n) is 4.04. The Bertz CT molecular complexity index is 959. The highest BCUT2D eigenvalue weighted by molar-refractivity contribution is 7.89. The van der Waals surface area contributed by atoms with Crippen LogP contribution in [0.4, 0.5) is 18.9 Å². The van der Waals surface area contributed by atoms with Crippen molar-refractivity contribution >= 4 is 21.6 Å². The first-order chi connectivity index (χ1) is 13.4. The molecule has 2 aromatic rings. The normalized spacial score (nSPS) is 12.4. The Morgan fingerprint density at radius 3 is 2.21 bits per heavy atom. The van der Waals surface area contributed by atoms with Gasteiger partial charge in [0.15, 0.2) is 0 Å². The smallest absolute Gasteiger partial charge is 0.325 e. The number of alkyl halides is 3. The molecule has 0 spiro atoms. The van der Waals surface area contributed by atoms with Crippen molar-refractivity contribution in [2.24, 2.45) is 0 Å². The number of amides is 1. The number of likely N-dealkylation sites (N-methyl/N-ethyl adjacent to an activating group) is 1. The van der Waals surface area contributed by atoms with E-state index in [0.29, 0.717) is 11.3 Å². The van der Waals surface area contributed by atoms with Crippen LogP contribution in [0.5, 0.6) is 0 Å². The molecular weight excluding hydrogens is 407 g/mol. The second kappa shape index (κ2) is 8.93. The van der Waals surface area contributed by atoms with Crippen LogP contribution in [0.15, 0.2) is 53.4 Å². The second-order valence-electron chi connectivity index (χ2n) is 6.73. The van der Waals surface area contributed by atoms with Gasteiger partial charge >= 0.3 is 6.18 Å². The van der Waals surface area contributed by atoms with Gasteiger partial charge in [0, 0.05) is 26.3 Å². The van der Waals surface area contributed by atoms with Crippen LogP contribution in [0, 0.1) is 0 Å². The van der Waals surface area contributed by atoms with Crippen molar-refractivity contribution in [2.75, 3.05) is 33.0 Å². The standard InChI is InChI=1S/C19H22F3N3O3S/c1-24(2)29(27,28)17-6-4-5-16(11-17)23-18(26)13-25(3)12-14-7-9-15(10-8-14)19(20,21)22/h4-11H,12-13H2,1-3H3,(H,23,26). The first-order valence-corrected chi connectivity index (χ1v) is 10.0. The minimum Gasteiger partial charge on any atom is -0.325 e. The van der Waals surface area contributed by atoms with E-state index in [0.717, 1.165) is 16.4 Å². The molecule has 0 atom stereocenters. The molecule has 1 amide bonds. The van der Waals surface area contributed by atoms with Crippen LogP contribution in [0.25, 0.3) is 0 Å². The maximum absolute atomic E-state index is 12.6. The van der Waals surface area contributed by atoms with E-state index in [4.69, 9.17) is 0 Å². The van der Waals surface area contributed by atoms with Gasteiger partial charge in [0.2, 0.25) is 15.9 Å². The van der Waals surface area contributed by atoms with Gasteiger partial charge in [-0.2, -0.15) is 13.2 Å². The Morgan fingerprint density at radius 1 is 1.03 bits per heavy atom. The molecule has 2 aromatic carbocycles. The summed E-state index contributed by atoms with van der Waals surface area (Å²) in [5.41, 5.74) is 0.238. The van der Waals surface area contributed by atoms with Gasteiger partial charge < -0.3 is 5.32 Å². The summed E-state index contributed by atoms with van der Waals surface area (Å²) in [6.45, 7) is 0.256. The average molecular weight is 429 g/mol. The highest BCUT2D eigenvalue weighted by Crippen LogP contribution is 2.29. The minimum atomic E-state index is -4.39. The fourth-order valence-corrected chi connectivity index (χ4v) is 3.51. The highest BCUT2D eigenvalue weighted by Gasteiger charge is 2.29. The molecule has 0 saturated carbocycles. The van der Waals surface area contributed by atoms with E-state index in [1.54, 1.807) is 18.0 Å². The Labute approximate surface area is 168 Å². The lowest BCUT2D eigenvalue weighted by Crippen LogP contribution is -2.30. The zero-order valence-electron chi connectivity index (χ0n) is 16.2. The number of hydrogen-bond acceptors (Lipinski definition) is 4. The predicted molar refractivity (Wildman–Crippen MR) is 104 cm³/mol. The van der Waals surface area contributed by atoms with Crippen molar-refractivity contribution in [1.82, 2.24) is 9.21 Å². The number of carbonyl (C=O) groups is 1. The highest BCUT2D eigenvalue weighted by atomic mass is 32.2. The van der Waals surface area contributed by atoms with E-state index in [1.165, 1.54) is 44.4 Å². The van der Waals surface area contributed by atoms with Crippen molar-refractivity contribution in [3.63, 3.8) is 0 Å². The summed E-state index contributed by atoms with van der Waals surface area (Å²) in [5, 5.41) is 2.63. The molecule has 0 aliphatic heterocycles. The first-order valence-electron chi connectivity index (χ1n) is 8.57. The number of rotatable bonds is 7. The molecule has 2 rings (SSSR count). The molecule has 0 aromatic heterocycles. The van der Waals surface area contributed by atoms with E-state index in [9.17, 15) is 26.4 Å². The number of nitrogens with one attached hydrogen (secondary N) is 1. The molecule has 0 bridgehead atoms. The maximum atomic E-state index is 12.6. The largest absolute Gasteiger partial charge is 0.416 e. The van der Waals surface area contributed by atoms with Gasteiger partial charge in [-0.3, -0.25) is 9.69 Å². The van der Waals surface area contributed by atoms with Gasteiger partial charge in [0.25, 0.3) is 0 Å². The third-order valence-corrected chi connectivity index (χ3v) is 5.85. The summed E-state index contributed by atoms with van der Waals surface area (Å²) in [6, 6.07) is 10.6. The first kappa shape index (κ1) is 22.9. The molecule has 0 saturated heterocycles. The van der Waals surface area contributed by atoms with E-state index >= 15 is 0 Å². The molecular formula is C19H22F3N3O3S. The number of sulfonamides is 1. The summed E-state index contributed by atoms with van der Waals surface area (Å²) < 4.78 is 63.2. The van der Waals surface area contributed by atoms with Gasteiger partial charge in [-0.05, 0) is 42.9 Å². The molecule has 0 aliphatic rings. The summed E-state index contributed by atoms with van der Waals surface area (Å²) in [5.74, 6) is -0.376. The van der Waals surface area contributed by atoms with E-state index in [1.807, 2.05) is 0 Å². The fraction of sp³-hybridized carbons (Fsp3) is 0.316. The van der Waals surface area contributed by atoms with Gasteiger partial charge in [0.1, 0.15) is 0 Å². The van der Waals surface area contributed by atoms with Gasteiger partial charge in [0.05, 0.1) is 17.0 Å². The lowest BCUT2D eigenvalue weighted by molar-refractivity contribution is -0.137. The number of benzene rings is 2. The third kappa shape index (κ3) is 6.28. The molecule has 0 fully saturated rings. The van der Waals surface area contributed by atoms with Crippen LogP contribution in [0.3, 0.4) is 0 Å². The van der Waals surface area contributed by atoms with E-state index in [2.05, 4.69) is 5.32 Å². The Morgan fingerprint density at radius 2 is 1.66 bits per heavy atom. The Hall–Kier alpha value is -2.43.